The fourth-order valence-corrected chi connectivity index (χ4v) is 3.52. The first-order chi connectivity index (χ1) is 8.24. The van der Waals surface area contributed by atoms with Crippen LogP contribution in [0.4, 0.5) is 0 Å². The highest BCUT2D eigenvalue weighted by molar-refractivity contribution is 8.00. The topological polar surface area (TPSA) is 38.0 Å². The van der Waals surface area contributed by atoms with Gasteiger partial charge in [-0.2, -0.15) is 0 Å². The second kappa shape index (κ2) is 4.37. The highest BCUT2D eigenvalue weighted by Gasteiger charge is 2.32. The molecular weight excluding hydrogens is 256 g/mol. The van der Waals surface area contributed by atoms with Crippen LogP contribution in [0.5, 0.6) is 0 Å². The zero-order chi connectivity index (χ0) is 11.8. The molecule has 0 unspecified atom stereocenters. The lowest BCUT2D eigenvalue weighted by Gasteiger charge is -2.14. The number of halogens is 1. The summed E-state index contributed by atoms with van der Waals surface area (Å²) in [6.45, 7) is 0.748. The molecule has 2 atom stereocenters. The Morgan fingerprint density at radius 2 is 2.35 bits per heavy atom. The molecule has 3 rings (SSSR count). The molecule has 0 fully saturated rings. The van der Waals surface area contributed by atoms with Gasteiger partial charge in [-0.25, -0.2) is 4.98 Å². The predicted molar refractivity (Wildman–Crippen MR) is 68.3 cm³/mol. The van der Waals surface area contributed by atoms with E-state index < -0.39 is 6.10 Å². The van der Waals surface area contributed by atoms with Gasteiger partial charge in [0, 0.05) is 28.9 Å². The Hall–Kier alpha value is -0.970. The van der Waals surface area contributed by atoms with Crippen LogP contribution in [0, 0.1) is 0 Å². The van der Waals surface area contributed by atoms with Gasteiger partial charge in [-0.05, 0) is 23.8 Å². The van der Waals surface area contributed by atoms with Crippen LogP contribution in [0.2, 0.25) is 5.02 Å². The Kier molecular flexibility index (Phi) is 2.86. The van der Waals surface area contributed by atoms with Crippen LogP contribution < -0.4 is 0 Å². The molecule has 1 N–H and O–H groups in total. The number of aliphatic hydroxyl groups is 1. The minimum absolute atomic E-state index is 0.123. The zero-order valence-corrected chi connectivity index (χ0v) is 10.5. The maximum Gasteiger partial charge on any atom is 0.0946 e. The summed E-state index contributed by atoms with van der Waals surface area (Å²) in [5, 5.41) is 11.0. The number of aliphatic hydroxyl groups excluding tert-OH is 1. The standard InChI is InChI=1S/C12H11ClN2OS/c13-8-1-2-10-9(5-8)12(16)11(17-10)6-15-4-3-14-7-15/h1-5,7,11-12,16H,6H2/t11-,12-/m0/s1. The van der Waals surface area contributed by atoms with Crippen LogP contribution in [0.25, 0.3) is 0 Å². The van der Waals surface area contributed by atoms with Crippen molar-refractivity contribution in [1.29, 1.82) is 0 Å². The normalized spacial score (nSPS) is 22.7. The third-order valence-corrected chi connectivity index (χ3v) is 4.44. The summed E-state index contributed by atoms with van der Waals surface area (Å²) in [7, 11) is 0. The van der Waals surface area contributed by atoms with Crippen molar-refractivity contribution in [3.8, 4) is 0 Å². The molecule has 0 saturated carbocycles. The molecule has 0 saturated heterocycles. The van der Waals surface area contributed by atoms with Crippen LogP contribution in [0.1, 0.15) is 11.7 Å². The van der Waals surface area contributed by atoms with E-state index in [0.717, 1.165) is 17.0 Å². The Labute approximate surface area is 108 Å². The van der Waals surface area contributed by atoms with Crippen LogP contribution in [0.3, 0.4) is 0 Å². The second-order valence-electron chi connectivity index (χ2n) is 4.04. The van der Waals surface area contributed by atoms with E-state index in [1.165, 1.54) is 0 Å². The first-order valence-electron chi connectivity index (χ1n) is 5.34. The number of aromatic nitrogens is 2. The van der Waals surface area contributed by atoms with E-state index in [1.807, 2.05) is 29.0 Å². The minimum Gasteiger partial charge on any atom is -0.387 e. The summed E-state index contributed by atoms with van der Waals surface area (Å²) in [5.41, 5.74) is 0.938. The Bertz CT molecular complexity index is 529. The molecule has 1 aliphatic rings. The van der Waals surface area contributed by atoms with Crippen LogP contribution in [0.15, 0.2) is 41.8 Å². The molecule has 2 heterocycles. The molecule has 17 heavy (non-hydrogen) atoms. The number of benzene rings is 1. The summed E-state index contributed by atoms with van der Waals surface area (Å²) >= 11 is 7.64. The molecular formula is C12H11ClN2OS. The van der Waals surface area contributed by atoms with Crippen molar-refractivity contribution >= 4 is 23.4 Å². The van der Waals surface area contributed by atoms with E-state index in [0.29, 0.717) is 5.02 Å². The van der Waals surface area contributed by atoms with E-state index in [1.54, 1.807) is 24.3 Å². The van der Waals surface area contributed by atoms with Crippen molar-refractivity contribution in [2.45, 2.75) is 22.8 Å². The van der Waals surface area contributed by atoms with Gasteiger partial charge in [0.25, 0.3) is 0 Å². The molecule has 0 amide bonds. The van der Waals surface area contributed by atoms with Gasteiger partial charge >= 0.3 is 0 Å². The van der Waals surface area contributed by atoms with Gasteiger partial charge in [0.05, 0.1) is 17.7 Å². The maximum atomic E-state index is 10.3. The van der Waals surface area contributed by atoms with Crippen molar-refractivity contribution < 1.29 is 5.11 Å². The maximum absolute atomic E-state index is 10.3. The number of hydrogen-bond donors (Lipinski definition) is 1. The average molecular weight is 267 g/mol. The highest BCUT2D eigenvalue weighted by atomic mass is 35.5. The molecule has 1 aliphatic heterocycles. The molecule has 2 aromatic rings. The van der Waals surface area contributed by atoms with Gasteiger partial charge in [0.2, 0.25) is 0 Å². The molecule has 1 aromatic heterocycles. The number of imidazole rings is 1. The van der Waals surface area contributed by atoms with Crippen LogP contribution in [-0.2, 0) is 6.54 Å². The van der Waals surface area contributed by atoms with Gasteiger partial charge in [-0.15, -0.1) is 11.8 Å². The lowest BCUT2D eigenvalue weighted by atomic mass is 10.1. The van der Waals surface area contributed by atoms with E-state index in [4.69, 9.17) is 11.6 Å². The predicted octanol–water partition coefficient (Wildman–Crippen LogP) is 2.74. The van der Waals surface area contributed by atoms with Crippen molar-refractivity contribution in [2.24, 2.45) is 0 Å². The molecule has 88 valence electrons. The smallest absolute Gasteiger partial charge is 0.0946 e. The quantitative estimate of drug-likeness (QED) is 0.908. The molecule has 5 heteroatoms. The fourth-order valence-electron chi connectivity index (χ4n) is 2.03. The van der Waals surface area contributed by atoms with Gasteiger partial charge in [-0.1, -0.05) is 11.6 Å². The van der Waals surface area contributed by atoms with Gasteiger partial charge in [-0.3, -0.25) is 0 Å². The molecule has 0 aliphatic carbocycles. The van der Waals surface area contributed by atoms with E-state index >= 15 is 0 Å². The zero-order valence-electron chi connectivity index (χ0n) is 8.95. The summed E-state index contributed by atoms with van der Waals surface area (Å²) < 4.78 is 1.98. The molecule has 0 bridgehead atoms. The molecule has 1 aromatic carbocycles. The molecule has 3 nitrogen and oxygen atoms in total. The molecule has 0 radical (unpaired) electrons. The number of nitrogens with zero attached hydrogens (tertiary/aromatic N) is 2. The third-order valence-electron chi connectivity index (χ3n) is 2.87. The second-order valence-corrected chi connectivity index (χ2v) is 5.76. The van der Waals surface area contributed by atoms with Gasteiger partial charge < -0.3 is 9.67 Å². The third kappa shape index (κ3) is 2.08. The van der Waals surface area contributed by atoms with E-state index in [2.05, 4.69) is 4.98 Å². The minimum atomic E-state index is -0.462. The number of hydrogen-bond acceptors (Lipinski definition) is 3. The summed E-state index contributed by atoms with van der Waals surface area (Å²) in [6.07, 6.45) is 4.96. The lowest BCUT2D eigenvalue weighted by molar-refractivity contribution is 0.170. The Morgan fingerprint density at radius 1 is 1.47 bits per heavy atom. The van der Waals surface area contributed by atoms with Crippen LogP contribution >= 0.6 is 23.4 Å². The first kappa shape index (κ1) is 11.1. The van der Waals surface area contributed by atoms with E-state index in [9.17, 15) is 5.11 Å². The average Bonchev–Trinajstić information content (AvgIpc) is 2.91. The summed E-state index contributed by atoms with van der Waals surface area (Å²) in [6, 6.07) is 5.68. The largest absolute Gasteiger partial charge is 0.387 e. The van der Waals surface area contributed by atoms with Crippen LogP contribution in [-0.4, -0.2) is 19.9 Å². The first-order valence-corrected chi connectivity index (χ1v) is 6.60. The Morgan fingerprint density at radius 3 is 3.12 bits per heavy atom. The summed E-state index contributed by atoms with van der Waals surface area (Å²) in [5.74, 6) is 0. The summed E-state index contributed by atoms with van der Waals surface area (Å²) in [4.78, 5) is 5.12. The monoisotopic (exact) mass is 266 g/mol. The van der Waals surface area contributed by atoms with Crippen molar-refractivity contribution in [1.82, 2.24) is 9.55 Å². The molecule has 0 spiro atoms. The van der Waals surface area contributed by atoms with Crippen molar-refractivity contribution in [3.63, 3.8) is 0 Å². The number of thioether (sulfide) groups is 1. The van der Waals surface area contributed by atoms with Gasteiger partial charge in [0.1, 0.15) is 0 Å². The van der Waals surface area contributed by atoms with Crippen molar-refractivity contribution in [3.05, 3.63) is 47.5 Å². The fraction of sp³-hybridized carbons (Fsp3) is 0.250. The lowest BCUT2D eigenvalue weighted by Crippen LogP contribution is -2.16. The van der Waals surface area contributed by atoms with Gasteiger partial charge in [0.15, 0.2) is 0 Å². The van der Waals surface area contributed by atoms with E-state index in [-0.39, 0.29) is 5.25 Å². The number of fused-ring (bicyclic) bond motifs is 1. The van der Waals surface area contributed by atoms with Crippen molar-refractivity contribution in [2.75, 3.05) is 0 Å². The number of rotatable bonds is 2. The Balaban J connectivity index is 1.84. The SMILES string of the molecule is O[C@H]1c2cc(Cl)ccc2S[C@H]1Cn1ccnc1. The highest BCUT2D eigenvalue weighted by Crippen LogP contribution is 2.45.